The van der Waals surface area contributed by atoms with Gasteiger partial charge in [0, 0.05) is 16.2 Å². The van der Waals surface area contributed by atoms with E-state index in [1.807, 2.05) is 24.3 Å². The Kier molecular flexibility index (Phi) is 3.73. The molecule has 2 aromatic rings. The van der Waals surface area contributed by atoms with Gasteiger partial charge in [-0.2, -0.15) is 0 Å². The van der Waals surface area contributed by atoms with Crippen LogP contribution in [0.2, 0.25) is 0 Å². The lowest BCUT2D eigenvalue weighted by Gasteiger charge is -2.07. The van der Waals surface area contributed by atoms with Gasteiger partial charge in [0.05, 0.1) is 4.90 Å². The van der Waals surface area contributed by atoms with E-state index >= 15 is 0 Å². The second kappa shape index (κ2) is 5.12. The molecule has 0 spiro atoms. The van der Waals surface area contributed by atoms with Gasteiger partial charge in [-0.15, -0.1) is 0 Å². The Hall–Kier alpha value is -1.32. The minimum absolute atomic E-state index is 0.149. The van der Waals surface area contributed by atoms with Gasteiger partial charge in [-0.1, -0.05) is 49.4 Å². The van der Waals surface area contributed by atoms with Gasteiger partial charge in [0.25, 0.3) is 9.05 Å². The van der Waals surface area contributed by atoms with Gasteiger partial charge < -0.3 is 0 Å². The topological polar surface area (TPSA) is 34.1 Å². The van der Waals surface area contributed by atoms with Gasteiger partial charge in [0.2, 0.25) is 0 Å². The van der Waals surface area contributed by atoms with Gasteiger partial charge in [0.15, 0.2) is 0 Å². The summed E-state index contributed by atoms with van der Waals surface area (Å²) in [7, 11) is 1.72. The summed E-state index contributed by atoms with van der Waals surface area (Å²) < 4.78 is 23.0. The van der Waals surface area contributed by atoms with Crippen molar-refractivity contribution in [3.05, 3.63) is 54.1 Å². The zero-order valence-corrected chi connectivity index (χ0v) is 11.5. The van der Waals surface area contributed by atoms with Crippen LogP contribution in [-0.2, 0) is 15.5 Å². The first-order valence-electron chi connectivity index (χ1n) is 5.65. The molecule has 94 valence electrons. The van der Waals surface area contributed by atoms with E-state index in [1.165, 1.54) is 11.6 Å². The fourth-order valence-corrected chi connectivity index (χ4v) is 2.93. The predicted octanol–water partition coefficient (Wildman–Crippen LogP) is 3.84. The lowest BCUT2D eigenvalue weighted by molar-refractivity contribution is 0.610. The van der Waals surface area contributed by atoms with Crippen molar-refractivity contribution in [3.63, 3.8) is 0 Å². The summed E-state index contributed by atoms with van der Waals surface area (Å²) >= 11 is 0. The molecular formula is C14H13ClO2S. The first-order valence-corrected chi connectivity index (χ1v) is 7.96. The van der Waals surface area contributed by atoms with Crippen LogP contribution in [0.5, 0.6) is 0 Å². The van der Waals surface area contributed by atoms with Crippen LogP contribution in [0, 0.1) is 0 Å². The Labute approximate surface area is 112 Å². The lowest BCUT2D eigenvalue weighted by Crippen LogP contribution is -1.94. The summed E-state index contributed by atoms with van der Waals surface area (Å²) in [6.45, 7) is 2.08. The Bertz CT molecular complexity index is 646. The second-order valence-corrected chi connectivity index (χ2v) is 6.52. The molecule has 0 bridgehead atoms. The SMILES string of the molecule is CCc1ccc(-c2ccccc2S(=O)(=O)Cl)cc1. The minimum Gasteiger partial charge on any atom is -0.207 e. The van der Waals surface area contributed by atoms with Crippen molar-refractivity contribution in [3.8, 4) is 11.1 Å². The third-order valence-electron chi connectivity index (χ3n) is 2.82. The smallest absolute Gasteiger partial charge is 0.207 e. The summed E-state index contributed by atoms with van der Waals surface area (Å²) in [5, 5.41) is 0. The monoisotopic (exact) mass is 280 g/mol. The molecule has 0 amide bonds. The van der Waals surface area contributed by atoms with Crippen LogP contribution in [0.15, 0.2) is 53.4 Å². The largest absolute Gasteiger partial charge is 0.261 e. The van der Waals surface area contributed by atoms with E-state index in [1.54, 1.807) is 18.2 Å². The highest BCUT2D eigenvalue weighted by Crippen LogP contribution is 2.29. The zero-order chi connectivity index (χ0) is 13.2. The van der Waals surface area contributed by atoms with E-state index in [0.29, 0.717) is 5.56 Å². The molecule has 0 unspecified atom stereocenters. The van der Waals surface area contributed by atoms with Gasteiger partial charge >= 0.3 is 0 Å². The van der Waals surface area contributed by atoms with Crippen LogP contribution in [0.1, 0.15) is 12.5 Å². The van der Waals surface area contributed by atoms with Crippen LogP contribution in [0.4, 0.5) is 0 Å². The van der Waals surface area contributed by atoms with Crippen molar-refractivity contribution in [2.75, 3.05) is 0 Å². The Morgan fingerprint density at radius 1 is 1.00 bits per heavy atom. The van der Waals surface area contributed by atoms with E-state index in [0.717, 1.165) is 12.0 Å². The van der Waals surface area contributed by atoms with Crippen LogP contribution in [-0.4, -0.2) is 8.42 Å². The molecule has 0 saturated carbocycles. The molecule has 4 heteroatoms. The molecule has 0 aromatic heterocycles. The van der Waals surface area contributed by atoms with Crippen LogP contribution >= 0.6 is 10.7 Å². The molecule has 0 aliphatic heterocycles. The van der Waals surface area contributed by atoms with Crippen LogP contribution < -0.4 is 0 Å². The second-order valence-electron chi connectivity index (χ2n) is 3.98. The van der Waals surface area contributed by atoms with E-state index in [-0.39, 0.29) is 4.90 Å². The molecule has 0 radical (unpaired) electrons. The quantitative estimate of drug-likeness (QED) is 0.801. The fraction of sp³-hybridized carbons (Fsp3) is 0.143. The highest BCUT2D eigenvalue weighted by atomic mass is 35.7. The standard InChI is InChI=1S/C14H13ClO2S/c1-2-11-7-9-12(10-8-11)13-5-3-4-6-14(13)18(15,16)17/h3-10H,2H2,1H3. The summed E-state index contributed by atoms with van der Waals surface area (Å²) in [5.74, 6) is 0. The van der Waals surface area contributed by atoms with Crippen molar-refractivity contribution < 1.29 is 8.42 Å². The number of halogens is 1. The molecule has 18 heavy (non-hydrogen) atoms. The number of rotatable bonds is 3. The fourth-order valence-electron chi connectivity index (χ4n) is 1.84. The number of benzene rings is 2. The van der Waals surface area contributed by atoms with Crippen molar-refractivity contribution in [1.82, 2.24) is 0 Å². The molecule has 0 saturated heterocycles. The first-order chi connectivity index (χ1) is 8.52. The molecule has 0 aliphatic rings. The maximum atomic E-state index is 11.5. The molecule has 0 N–H and O–H groups in total. The molecule has 0 atom stereocenters. The summed E-state index contributed by atoms with van der Waals surface area (Å²) in [6, 6.07) is 14.6. The van der Waals surface area contributed by atoms with Crippen molar-refractivity contribution in [2.45, 2.75) is 18.2 Å². The summed E-state index contributed by atoms with van der Waals surface area (Å²) in [5.41, 5.74) is 2.70. The highest BCUT2D eigenvalue weighted by Gasteiger charge is 2.15. The zero-order valence-electron chi connectivity index (χ0n) is 9.93. The average molecular weight is 281 g/mol. The lowest BCUT2D eigenvalue weighted by atomic mass is 10.0. The number of aryl methyl sites for hydroxylation is 1. The molecule has 2 nitrogen and oxygen atoms in total. The van der Waals surface area contributed by atoms with Gasteiger partial charge in [0.1, 0.15) is 0 Å². The van der Waals surface area contributed by atoms with E-state index in [4.69, 9.17) is 10.7 Å². The van der Waals surface area contributed by atoms with Crippen molar-refractivity contribution >= 4 is 19.7 Å². The number of hydrogen-bond acceptors (Lipinski definition) is 2. The van der Waals surface area contributed by atoms with Crippen LogP contribution in [0.3, 0.4) is 0 Å². The number of hydrogen-bond donors (Lipinski definition) is 0. The highest BCUT2D eigenvalue weighted by molar-refractivity contribution is 8.13. The molecule has 0 fully saturated rings. The van der Waals surface area contributed by atoms with E-state index < -0.39 is 9.05 Å². The molecule has 0 heterocycles. The van der Waals surface area contributed by atoms with E-state index in [9.17, 15) is 8.42 Å². The van der Waals surface area contributed by atoms with Crippen molar-refractivity contribution in [2.24, 2.45) is 0 Å². The van der Waals surface area contributed by atoms with E-state index in [2.05, 4.69) is 6.92 Å². The van der Waals surface area contributed by atoms with Gasteiger partial charge in [-0.3, -0.25) is 0 Å². The van der Waals surface area contributed by atoms with Gasteiger partial charge in [-0.25, -0.2) is 8.42 Å². The molecular weight excluding hydrogens is 268 g/mol. The predicted molar refractivity (Wildman–Crippen MR) is 74.3 cm³/mol. The summed E-state index contributed by atoms with van der Waals surface area (Å²) in [6.07, 6.45) is 0.954. The third kappa shape index (κ3) is 2.74. The van der Waals surface area contributed by atoms with Crippen molar-refractivity contribution in [1.29, 1.82) is 0 Å². The average Bonchev–Trinajstić information content (AvgIpc) is 2.38. The first kappa shape index (κ1) is 13.1. The minimum atomic E-state index is -3.73. The Morgan fingerprint density at radius 3 is 2.17 bits per heavy atom. The molecule has 2 rings (SSSR count). The third-order valence-corrected chi connectivity index (χ3v) is 4.20. The molecule has 2 aromatic carbocycles. The van der Waals surface area contributed by atoms with Crippen LogP contribution in [0.25, 0.3) is 11.1 Å². The maximum absolute atomic E-state index is 11.5. The molecule has 0 aliphatic carbocycles. The summed E-state index contributed by atoms with van der Waals surface area (Å²) in [4.78, 5) is 0.149. The maximum Gasteiger partial charge on any atom is 0.261 e. The van der Waals surface area contributed by atoms with Gasteiger partial charge in [-0.05, 0) is 23.6 Å². The Morgan fingerprint density at radius 2 is 1.61 bits per heavy atom. The normalized spacial score (nSPS) is 11.4. The Balaban J connectivity index is 2.57.